The fourth-order valence-corrected chi connectivity index (χ4v) is 3.66. The van der Waals surface area contributed by atoms with Gasteiger partial charge in [-0.2, -0.15) is 5.10 Å². The van der Waals surface area contributed by atoms with Crippen molar-refractivity contribution >= 4 is 11.7 Å². The molecular weight excluding hydrogens is 302 g/mol. The number of amides is 1. The summed E-state index contributed by atoms with van der Waals surface area (Å²) in [5.74, 6) is 1.45. The predicted molar refractivity (Wildman–Crippen MR) is 98.1 cm³/mol. The molecule has 1 saturated carbocycles. The highest BCUT2D eigenvalue weighted by Crippen LogP contribution is 2.22. The van der Waals surface area contributed by atoms with Gasteiger partial charge in [0.05, 0.1) is 11.7 Å². The van der Waals surface area contributed by atoms with Gasteiger partial charge in [0.15, 0.2) is 0 Å². The number of nitrogens with zero attached hydrogens (tertiary/aromatic N) is 3. The summed E-state index contributed by atoms with van der Waals surface area (Å²) in [6, 6.07) is 0.179. The molecule has 0 aromatic carbocycles. The third-order valence-electron chi connectivity index (χ3n) is 4.89. The summed E-state index contributed by atoms with van der Waals surface area (Å²) in [6.07, 6.45) is 4.68. The van der Waals surface area contributed by atoms with Crippen LogP contribution in [-0.2, 0) is 18.4 Å². The zero-order valence-electron chi connectivity index (χ0n) is 16.0. The second kappa shape index (κ2) is 8.01. The fraction of sp³-hybridized carbons (Fsp3) is 0.778. The molecule has 1 heterocycles. The van der Waals surface area contributed by atoms with E-state index in [1.807, 2.05) is 32.7 Å². The average molecular weight is 335 g/mol. The normalized spacial score (nSPS) is 16.6. The summed E-state index contributed by atoms with van der Waals surface area (Å²) in [6.45, 7) is 6.85. The Balaban J connectivity index is 2.05. The molecule has 1 aromatic rings. The fourth-order valence-electron chi connectivity index (χ4n) is 3.66. The minimum absolute atomic E-state index is 0.129. The Bertz CT molecular complexity index is 558. The topological polar surface area (TPSA) is 62.2 Å². The number of nitrogens with one attached hydrogen (secondary N) is 2. The minimum Gasteiger partial charge on any atom is -0.363 e. The Kier molecular flexibility index (Phi) is 6.27. The quantitative estimate of drug-likeness (QED) is 0.800. The Morgan fingerprint density at radius 2 is 1.96 bits per heavy atom. The van der Waals surface area contributed by atoms with Crippen LogP contribution < -0.4 is 15.5 Å². The molecule has 0 unspecified atom stereocenters. The summed E-state index contributed by atoms with van der Waals surface area (Å²) >= 11 is 0. The van der Waals surface area contributed by atoms with Gasteiger partial charge in [0.1, 0.15) is 5.82 Å². The summed E-state index contributed by atoms with van der Waals surface area (Å²) in [7, 11) is 6.00. The van der Waals surface area contributed by atoms with E-state index in [1.54, 1.807) is 0 Å². The molecule has 0 radical (unpaired) electrons. The highest BCUT2D eigenvalue weighted by atomic mass is 16.2. The lowest BCUT2D eigenvalue weighted by atomic mass is 10.0. The first-order valence-corrected chi connectivity index (χ1v) is 9.04. The summed E-state index contributed by atoms with van der Waals surface area (Å²) in [4.78, 5) is 14.7. The van der Waals surface area contributed by atoms with Crippen molar-refractivity contribution in [2.24, 2.45) is 13.0 Å². The van der Waals surface area contributed by atoms with Gasteiger partial charge in [0.25, 0.3) is 0 Å². The molecule has 1 aliphatic rings. The molecule has 24 heavy (non-hydrogen) atoms. The highest BCUT2D eigenvalue weighted by Gasteiger charge is 2.26. The lowest BCUT2D eigenvalue weighted by Gasteiger charge is -2.24. The maximum atomic E-state index is 12.7. The molecule has 1 amide bonds. The van der Waals surface area contributed by atoms with E-state index in [0.29, 0.717) is 12.6 Å². The predicted octanol–water partition coefficient (Wildman–Crippen LogP) is 1.97. The number of hydrogen-bond acceptors (Lipinski definition) is 4. The molecule has 0 bridgehead atoms. The third-order valence-corrected chi connectivity index (χ3v) is 4.89. The van der Waals surface area contributed by atoms with Crippen molar-refractivity contribution in [2.75, 3.05) is 19.0 Å². The van der Waals surface area contributed by atoms with Crippen molar-refractivity contribution in [2.45, 2.75) is 65.1 Å². The maximum Gasteiger partial charge on any atom is 0.237 e. The van der Waals surface area contributed by atoms with Crippen LogP contribution >= 0.6 is 0 Å². The lowest BCUT2D eigenvalue weighted by Crippen LogP contribution is -2.49. The molecule has 0 saturated heterocycles. The van der Waals surface area contributed by atoms with Gasteiger partial charge < -0.3 is 15.5 Å². The average Bonchev–Trinajstić information content (AvgIpc) is 3.06. The number of aromatic nitrogens is 2. The zero-order valence-corrected chi connectivity index (χ0v) is 16.0. The van der Waals surface area contributed by atoms with Crippen molar-refractivity contribution in [3.05, 3.63) is 11.3 Å². The van der Waals surface area contributed by atoms with Crippen LogP contribution in [0.25, 0.3) is 0 Å². The summed E-state index contributed by atoms with van der Waals surface area (Å²) < 4.78 is 1.90. The van der Waals surface area contributed by atoms with Crippen molar-refractivity contribution in [1.29, 1.82) is 0 Å². The minimum atomic E-state index is -0.180. The van der Waals surface area contributed by atoms with Crippen molar-refractivity contribution in [3.8, 4) is 0 Å². The monoisotopic (exact) mass is 335 g/mol. The van der Waals surface area contributed by atoms with E-state index >= 15 is 0 Å². The van der Waals surface area contributed by atoms with Crippen LogP contribution in [0.3, 0.4) is 0 Å². The second-order valence-electron chi connectivity index (χ2n) is 7.50. The van der Waals surface area contributed by atoms with Gasteiger partial charge in [-0.1, -0.05) is 26.7 Å². The standard InChI is InChI=1S/C18H33N5O/c1-12(2)16(17(24)20-14-9-7-8-10-14)19-11-15-13(3)21-23(6)18(15)22(4)5/h12,14,16,19H,7-11H2,1-6H3,(H,20,24)/t16-/m0/s1. The van der Waals surface area contributed by atoms with Gasteiger partial charge in [0, 0.05) is 39.3 Å². The van der Waals surface area contributed by atoms with Crippen molar-refractivity contribution in [3.63, 3.8) is 0 Å². The molecule has 6 heteroatoms. The van der Waals surface area contributed by atoms with Gasteiger partial charge in [0.2, 0.25) is 5.91 Å². The van der Waals surface area contributed by atoms with Gasteiger partial charge in [-0.15, -0.1) is 0 Å². The van der Waals surface area contributed by atoms with Crippen LogP contribution in [0, 0.1) is 12.8 Å². The smallest absolute Gasteiger partial charge is 0.237 e. The Morgan fingerprint density at radius 3 is 2.50 bits per heavy atom. The molecular formula is C18H33N5O. The molecule has 2 N–H and O–H groups in total. The molecule has 0 aliphatic heterocycles. The van der Waals surface area contributed by atoms with E-state index in [2.05, 4.69) is 34.5 Å². The van der Waals surface area contributed by atoms with Gasteiger partial charge in [-0.25, -0.2) is 0 Å². The van der Waals surface area contributed by atoms with Gasteiger partial charge >= 0.3 is 0 Å². The molecule has 1 fully saturated rings. The molecule has 1 aliphatic carbocycles. The molecule has 2 rings (SSSR count). The third kappa shape index (κ3) is 4.29. The molecule has 136 valence electrons. The Labute approximate surface area is 146 Å². The van der Waals surface area contributed by atoms with Crippen molar-refractivity contribution in [1.82, 2.24) is 20.4 Å². The van der Waals surface area contributed by atoms with E-state index in [-0.39, 0.29) is 17.9 Å². The number of carbonyl (C=O) groups excluding carboxylic acids is 1. The van der Waals surface area contributed by atoms with E-state index < -0.39 is 0 Å². The molecule has 0 spiro atoms. The van der Waals surface area contributed by atoms with E-state index in [1.165, 1.54) is 12.8 Å². The highest BCUT2D eigenvalue weighted by molar-refractivity contribution is 5.82. The van der Waals surface area contributed by atoms with Crippen LogP contribution in [0.1, 0.15) is 50.8 Å². The maximum absolute atomic E-state index is 12.7. The van der Waals surface area contributed by atoms with Crippen LogP contribution in [0.2, 0.25) is 0 Å². The van der Waals surface area contributed by atoms with Gasteiger partial charge in [-0.05, 0) is 25.7 Å². The van der Waals surface area contributed by atoms with E-state index in [0.717, 1.165) is 29.9 Å². The van der Waals surface area contributed by atoms with Gasteiger partial charge in [-0.3, -0.25) is 9.48 Å². The summed E-state index contributed by atoms with van der Waals surface area (Å²) in [5, 5.41) is 11.2. The first-order chi connectivity index (χ1) is 11.3. The Hall–Kier alpha value is -1.56. The molecule has 6 nitrogen and oxygen atoms in total. The Morgan fingerprint density at radius 1 is 1.33 bits per heavy atom. The SMILES string of the molecule is Cc1nn(C)c(N(C)C)c1CN[C@H](C(=O)NC1CCCC1)C(C)C. The molecule has 1 aromatic heterocycles. The lowest BCUT2D eigenvalue weighted by molar-refractivity contribution is -0.124. The number of aryl methyl sites for hydroxylation is 2. The zero-order chi connectivity index (χ0) is 17.9. The first-order valence-electron chi connectivity index (χ1n) is 9.04. The number of hydrogen-bond donors (Lipinski definition) is 2. The van der Waals surface area contributed by atoms with Crippen molar-refractivity contribution < 1.29 is 4.79 Å². The summed E-state index contributed by atoms with van der Waals surface area (Å²) in [5.41, 5.74) is 2.16. The number of carbonyl (C=O) groups is 1. The number of anilines is 1. The first kappa shape index (κ1) is 18.8. The second-order valence-corrected chi connectivity index (χ2v) is 7.50. The van der Waals surface area contributed by atoms with Crippen LogP contribution in [-0.4, -0.2) is 41.9 Å². The van der Waals surface area contributed by atoms with Crippen LogP contribution in [0.5, 0.6) is 0 Å². The van der Waals surface area contributed by atoms with E-state index in [4.69, 9.17) is 0 Å². The molecule has 1 atom stereocenters. The van der Waals surface area contributed by atoms with Crippen LogP contribution in [0.15, 0.2) is 0 Å². The van der Waals surface area contributed by atoms with Crippen LogP contribution in [0.4, 0.5) is 5.82 Å². The van der Waals surface area contributed by atoms with E-state index in [9.17, 15) is 4.79 Å². The largest absolute Gasteiger partial charge is 0.363 e. The number of rotatable bonds is 7.